The molecule has 9 heteroatoms. The Morgan fingerprint density at radius 1 is 1.36 bits per heavy atom. The van der Waals surface area contributed by atoms with Gasteiger partial charge in [-0.1, -0.05) is 11.8 Å². The summed E-state index contributed by atoms with van der Waals surface area (Å²) in [5.74, 6) is -1.01. The van der Waals surface area contributed by atoms with Gasteiger partial charge in [-0.05, 0) is 44.5 Å². The van der Waals surface area contributed by atoms with E-state index in [0.717, 1.165) is 18.5 Å². The lowest BCUT2D eigenvalue weighted by molar-refractivity contribution is -0.154. The van der Waals surface area contributed by atoms with Gasteiger partial charge in [0.15, 0.2) is 11.2 Å². The van der Waals surface area contributed by atoms with Crippen LogP contribution < -0.4 is 5.32 Å². The molecule has 1 N–H and O–H groups in total. The summed E-state index contributed by atoms with van der Waals surface area (Å²) in [6, 6.07) is 0.895. The largest absolute Gasteiger partial charge is 0.466 e. The second-order valence-electron chi connectivity index (χ2n) is 6.28. The van der Waals surface area contributed by atoms with Crippen LogP contribution in [0.5, 0.6) is 0 Å². The topological polar surface area (TPSA) is 99.5 Å². The number of nitrogens with one attached hydrogen (secondary N) is 1. The Kier molecular flexibility index (Phi) is 8.72. The molecule has 8 nitrogen and oxygen atoms in total. The van der Waals surface area contributed by atoms with E-state index < -0.39 is 18.0 Å². The number of carbonyl (C=O) groups excluding carboxylic acids is 3. The van der Waals surface area contributed by atoms with Crippen molar-refractivity contribution in [1.29, 1.82) is 0 Å². The van der Waals surface area contributed by atoms with E-state index in [1.54, 1.807) is 33.0 Å². The van der Waals surface area contributed by atoms with Crippen LogP contribution in [0.25, 0.3) is 6.08 Å². The van der Waals surface area contributed by atoms with Crippen molar-refractivity contribution in [3.63, 3.8) is 0 Å². The van der Waals surface area contributed by atoms with Crippen LogP contribution in [0.1, 0.15) is 45.3 Å². The third kappa shape index (κ3) is 6.49. The first-order chi connectivity index (χ1) is 13.4. The molecule has 0 spiro atoms. The minimum Gasteiger partial charge on any atom is -0.466 e. The summed E-state index contributed by atoms with van der Waals surface area (Å²) in [7, 11) is 0. The lowest BCUT2D eigenvalue weighted by Crippen LogP contribution is -2.32. The SMILES string of the molecule is CCOC(=O)CC(C(=O)OCC)n1ccc(/C=C2\CNCCC2SC(C)=O)n1. The molecule has 1 aromatic rings. The summed E-state index contributed by atoms with van der Waals surface area (Å²) in [5, 5.41) is 7.94. The molecular weight excluding hydrogens is 382 g/mol. The van der Waals surface area contributed by atoms with Crippen molar-refractivity contribution < 1.29 is 23.9 Å². The van der Waals surface area contributed by atoms with Crippen LogP contribution in [0.4, 0.5) is 0 Å². The first-order valence-electron chi connectivity index (χ1n) is 9.40. The number of ether oxygens (including phenoxy) is 2. The Morgan fingerprint density at radius 3 is 2.79 bits per heavy atom. The lowest BCUT2D eigenvalue weighted by Gasteiger charge is -2.24. The molecule has 2 atom stereocenters. The zero-order valence-electron chi connectivity index (χ0n) is 16.5. The van der Waals surface area contributed by atoms with Gasteiger partial charge in [-0.3, -0.25) is 14.3 Å². The van der Waals surface area contributed by atoms with E-state index in [1.807, 2.05) is 6.08 Å². The van der Waals surface area contributed by atoms with Crippen molar-refractivity contribution in [2.45, 2.75) is 44.9 Å². The number of piperidine rings is 1. The van der Waals surface area contributed by atoms with Crippen LogP contribution in [-0.4, -0.2) is 58.4 Å². The second-order valence-corrected chi connectivity index (χ2v) is 7.66. The number of carbonyl (C=O) groups is 3. The van der Waals surface area contributed by atoms with Crippen molar-refractivity contribution in [2.75, 3.05) is 26.3 Å². The van der Waals surface area contributed by atoms with Crippen LogP contribution in [0.15, 0.2) is 17.8 Å². The molecule has 1 aromatic heterocycles. The van der Waals surface area contributed by atoms with Gasteiger partial charge in [-0.2, -0.15) is 5.10 Å². The highest BCUT2D eigenvalue weighted by atomic mass is 32.2. The molecule has 1 fully saturated rings. The van der Waals surface area contributed by atoms with E-state index in [9.17, 15) is 14.4 Å². The van der Waals surface area contributed by atoms with E-state index in [2.05, 4.69) is 10.4 Å². The van der Waals surface area contributed by atoms with Gasteiger partial charge >= 0.3 is 11.9 Å². The Balaban J connectivity index is 2.20. The third-order valence-electron chi connectivity index (χ3n) is 4.14. The summed E-state index contributed by atoms with van der Waals surface area (Å²) in [4.78, 5) is 35.7. The third-order valence-corrected chi connectivity index (χ3v) is 5.29. The molecule has 0 aromatic carbocycles. The lowest BCUT2D eigenvalue weighted by atomic mass is 10.0. The molecule has 0 radical (unpaired) electrons. The summed E-state index contributed by atoms with van der Waals surface area (Å²) in [6.07, 6.45) is 4.30. The monoisotopic (exact) mass is 409 g/mol. The van der Waals surface area contributed by atoms with Gasteiger partial charge in [-0.15, -0.1) is 0 Å². The average molecular weight is 410 g/mol. The van der Waals surface area contributed by atoms with Crippen molar-refractivity contribution in [3.05, 3.63) is 23.5 Å². The molecule has 0 saturated carbocycles. The van der Waals surface area contributed by atoms with Crippen molar-refractivity contribution in [2.24, 2.45) is 0 Å². The van der Waals surface area contributed by atoms with Gasteiger partial charge in [-0.25, -0.2) is 4.79 Å². The summed E-state index contributed by atoms with van der Waals surface area (Å²) in [6.45, 7) is 6.99. The smallest absolute Gasteiger partial charge is 0.331 e. The van der Waals surface area contributed by atoms with Gasteiger partial charge in [0.2, 0.25) is 0 Å². The van der Waals surface area contributed by atoms with E-state index in [4.69, 9.17) is 9.47 Å². The Hall–Kier alpha value is -2.13. The highest BCUT2D eigenvalue weighted by Gasteiger charge is 2.27. The van der Waals surface area contributed by atoms with E-state index in [-0.39, 0.29) is 30.0 Å². The number of esters is 2. The van der Waals surface area contributed by atoms with Gasteiger partial charge in [0.25, 0.3) is 0 Å². The number of aromatic nitrogens is 2. The highest BCUT2D eigenvalue weighted by Crippen LogP contribution is 2.27. The Bertz CT molecular complexity index is 731. The van der Waals surface area contributed by atoms with Crippen LogP contribution in [0.2, 0.25) is 0 Å². The molecule has 0 amide bonds. The van der Waals surface area contributed by atoms with Gasteiger partial charge < -0.3 is 14.8 Å². The summed E-state index contributed by atoms with van der Waals surface area (Å²) < 4.78 is 11.5. The number of hydrogen-bond donors (Lipinski definition) is 1. The minimum absolute atomic E-state index is 0.0835. The van der Waals surface area contributed by atoms with Gasteiger partial charge in [0.1, 0.15) is 0 Å². The van der Waals surface area contributed by atoms with E-state index >= 15 is 0 Å². The molecule has 154 valence electrons. The summed E-state index contributed by atoms with van der Waals surface area (Å²) >= 11 is 1.32. The Morgan fingerprint density at radius 2 is 2.11 bits per heavy atom. The van der Waals surface area contributed by atoms with Crippen LogP contribution in [0.3, 0.4) is 0 Å². The minimum atomic E-state index is -0.877. The van der Waals surface area contributed by atoms with Crippen molar-refractivity contribution >= 4 is 34.9 Å². The zero-order chi connectivity index (χ0) is 20.5. The zero-order valence-corrected chi connectivity index (χ0v) is 17.3. The van der Waals surface area contributed by atoms with Gasteiger partial charge in [0, 0.05) is 24.9 Å². The highest BCUT2D eigenvalue weighted by molar-refractivity contribution is 8.14. The van der Waals surface area contributed by atoms with Crippen LogP contribution in [-0.2, 0) is 23.9 Å². The second kappa shape index (κ2) is 11.0. The fourth-order valence-electron chi connectivity index (χ4n) is 2.94. The maximum absolute atomic E-state index is 12.3. The maximum atomic E-state index is 12.3. The van der Waals surface area contributed by atoms with Crippen molar-refractivity contribution in [1.82, 2.24) is 15.1 Å². The number of hydrogen-bond acceptors (Lipinski definition) is 8. The normalized spacial score (nSPS) is 19.2. The molecule has 28 heavy (non-hydrogen) atoms. The first-order valence-corrected chi connectivity index (χ1v) is 10.3. The fourth-order valence-corrected chi connectivity index (χ4v) is 3.88. The Labute approximate surface area is 169 Å². The van der Waals surface area contributed by atoms with Gasteiger partial charge in [0.05, 0.1) is 25.3 Å². The standard InChI is InChI=1S/C19H27N3O5S/c1-4-26-18(24)11-16(19(25)27-5-2)22-9-7-15(21-22)10-14-12-20-8-6-17(14)28-13(3)23/h7,9-10,16-17,20H,4-6,8,11-12H2,1-3H3/b14-10+. The summed E-state index contributed by atoms with van der Waals surface area (Å²) in [5.41, 5.74) is 1.74. The quantitative estimate of drug-likeness (QED) is 0.651. The molecule has 1 aliphatic rings. The molecular formula is C19H27N3O5S. The maximum Gasteiger partial charge on any atom is 0.331 e. The van der Waals surface area contributed by atoms with Crippen molar-refractivity contribution in [3.8, 4) is 0 Å². The number of nitrogens with zero attached hydrogens (tertiary/aromatic N) is 2. The molecule has 2 unspecified atom stereocenters. The molecule has 1 saturated heterocycles. The number of rotatable bonds is 8. The predicted molar refractivity (Wildman–Crippen MR) is 107 cm³/mol. The molecule has 0 aliphatic carbocycles. The molecule has 0 bridgehead atoms. The number of thioether (sulfide) groups is 1. The molecule has 2 heterocycles. The average Bonchev–Trinajstić information content (AvgIpc) is 3.09. The van der Waals surface area contributed by atoms with Crippen LogP contribution in [0, 0.1) is 0 Å². The molecule has 1 aliphatic heterocycles. The van der Waals surface area contributed by atoms with E-state index in [1.165, 1.54) is 16.4 Å². The predicted octanol–water partition coefficient (Wildman–Crippen LogP) is 1.97. The van der Waals surface area contributed by atoms with E-state index in [0.29, 0.717) is 12.2 Å². The molecule has 2 rings (SSSR count). The fraction of sp³-hybridized carbons (Fsp3) is 0.579. The van der Waals surface area contributed by atoms with Crippen LogP contribution >= 0.6 is 11.8 Å². The first kappa shape index (κ1) is 22.2.